The number of hydrogen-bond acceptors (Lipinski definition) is 5. The quantitative estimate of drug-likeness (QED) is 0.390. The third-order valence-corrected chi connectivity index (χ3v) is 5.23. The van der Waals surface area contributed by atoms with Crippen molar-refractivity contribution in [1.29, 1.82) is 0 Å². The standard InChI is InChI=1S/C25H21NO6/c1-2-3-23(29)26-13-14-4-7-17(20(10-14)25(30)31)24-18-8-5-15(27)11-21(18)32-22-12-16(28)6-9-19(22)24/h4-12,27H,2-3,13H2,1H3,(H,26,29)(H,30,31). The van der Waals surface area contributed by atoms with Crippen molar-refractivity contribution in [2.45, 2.75) is 26.3 Å². The molecule has 3 N–H and O–H groups in total. The van der Waals surface area contributed by atoms with Crippen LogP contribution in [0, 0.1) is 0 Å². The zero-order valence-electron chi connectivity index (χ0n) is 17.3. The van der Waals surface area contributed by atoms with Gasteiger partial charge in [-0.15, -0.1) is 0 Å². The Kier molecular flexibility index (Phi) is 5.64. The van der Waals surface area contributed by atoms with Crippen molar-refractivity contribution in [1.82, 2.24) is 5.32 Å². The fraction of sp³-hybridized carbons (Fsp3) is 0.160. The van der Waals surface area contributed by atoms with Crippen molar-refractivity contribution in [3.63, 3.8) is 0 Å². The number of carboxylic acids is 1. The van der Waals surface area contributed by atoms with Gasteiger partial charge in [0.25, 0.3) is 0 Å². The minimum atomic E-state index is -1.12. The van der Waals surface area contributed by atoms with Gasteiger partial charge in [0.15, 0.2) is 5.43 Å². The summed E-state index contributed by atoms with van der Waals surface area (Å²) in [5.74, 6) is -0.939. The van der Waals surface area contributed by atoms with Crippen molar-refractivity contribution < 1.29 is 24.2 Å². The van der Waals surface area contributed by atoms with Gasteiger partial charge in [-0.25, -0.2) is 4.79 Å². The summed E-state index contributed by atoms with van der Waals surface area (Å²) in [5, 5.41) is 23.2. The van der Waals surface area contributed by atoms with E-state index in [-0.39, 0.29) is 35.0 Å². The molecule has 0 fully saturated rings. The molecule has 7 nitrogen and oxygen atoms in total. The van der Waals surface area contributed by atoms with Crippen molar-refractivity contribution in [3.8, 4) is 28.2 Å². The van der Waals surface area contributed by atoms with Gasteiger partial charge in [-0.1, -0.05) is 19.1 Å². The lowest BCUT2D eigenvalue weighted by atomic mass is 9.90. The molecule has 1 aliphatic heterocycles. The first-order chi connectivity index (χ1) is 15.4. The summed E-state index contributed by atoms with van der Waals surface area (Å²) in [5.41, 5.74) is 2.39. The first-order valence-electron chi connectivity index (χ1n) is 10.2. The minimum absolute atomic E-state index is 0.0125. The van der Waals surface area contributed by atoms with Crippen LogP contribution in [0.1, 0.15) is 35.7 Å². The molecule has 162 valence electrons. The summed E-state index contributed by atoms with van der Waals surface area (Å²) in [7, 11) is 0. The van der Waals surface area contributed by atoms with Crippen LogP contribution in [0.3, 0.4) is 0 Å². The van der Waals surface area contributed by atoms with Crippen LogP contribution in [-0.2, 0) is 11.3 Å². The normalized spacial score (nSPS) is 11.0. The molecule has 7 heteroatoms. The van der Waals surface area contributed by atoms with E-state index >= 15 is 0 Å². The molecule has 0 unspecified atom stereocenters. The lowest BCUT2D eigenvalue weighted by Gasteiger charge is -2.17. The molecule has 1 amide bonds. The lowest BCUT2D eigenvalue weighted by Crippen LogP contribution is -2.22. The van der Waals surface area contributed by atoms with Crippen LogP contribution in [0.4, 0.5) is 0 Å². The summed E-state index contributed by atoms with van der Waals surface area (Å²) in [4.78, 5) is 35.8. The van der Waals surface area contributed by atoms with Crippen molar-refractivity contribution >= 4 is 22.8 Å². The maximum Gasteiger partial charge on any atom is 0.336 e. The molecule has 1 heterocycles. The van der Waals surface area contributed by atoms with E-state index < -0.39 is 5.97 Å². The highest BCUT2D eigenvalue weighted by molar-refractivity contribution is 6.07. The number of carbonyl (C=O) groups is 2. The van der Waals surface area contributed by atoms with E-state index in [0.29, 0.717) is 39.6 Å². The third-order valence-electron chi connectivity index (χ3n) is 5.23. The number of phenols is 1. The Balaban J connectivity index is 1.92. The van der Waals surface area contributed by atoms with Gasteiger partial charge in [-0.05, 0) is 47.9 Å². The van der Waals surface area contributed by atoms with E-state index in [1.807, 2.05) is 6.92 Å². The highest BCUT2D eigenvalue weighted by atomic mass is 16.4. The van der Waals surface area contributed by atoms with Crippen molar-refractivity contribution in [2.75, 3.05) is 0 Å². The van der Waals surface area contributed by atoms with Gasteiger partial charge in [0.2, 0.25) is 5.91 Å². The van der Waals surface area contributed by atoms with Crippen LogP contribution in [0.15, 0.2) is 63.8 Å². The number of hydrogen-bond donors (Lipinski definition) is 3. The molecule has 2 aliphatic rings. The molecule has 2 aromatic carbocycles. The van der Waals surface area contributed by atoms with Gasteiger partial charge in [-0.3, -0.25) is 9.59 Å². The number of fused-ring (bicyclic) bond motifs is 2. The Bertz CT molecular complexity index is 1370. The summed E-state index contributed by atoms with van der Waals surface area (Å²) in [6.07, 6.45) is 1.13. The summed E-state index contributed by atoms with van der Waals surface area (Å²) >= 11 is 0. The smallest absolute Gasteiger partial charge is 0.336 e. The van der Waals surface area contributed by atoms with E-state index in [2.05, 4.69) is 5.32 Å². The van der Waals surface area contributed by atoms with Crippen molar-refractivity contribution in [3.05, 3.63) is 75.9 Å². The fourth-order valence-corrected chi connectivity index (χ4v) is 3.76. The number of carbonyl (C=O) groups excluding carboxylic acids is 1. The predicted molar refractivity (Wildman–Crippen MR) is 120 cm³/mol. The first kappa shape index (κ1) is 21.1. The van der Waals surface area contributed by atoms with Gasteiger partial charge in [-0.2, -0.15) is 0 Å². The Morgan fingerprint density at radius 2 is 1.78 bits per heavy atom. The zero-order chi connectivity index (χ0) is 22.8. The van der Waals surface area contributed by atoms with Crippen LogP contribution in [0.25, 0.3) is 33.4 Å². The average Bonchev–Trinajstić information content (AvgIpc) is 2.76. The molecule has 0 aromatic heterocycles. The second-order valence-electron chi connectivity index (χ2n) is 7.53. The van der Waals surface area contributed by atoms with E-state index in [9.17, 15) is 24.6 Å². The first-order valence-corrected chi connectivity index (χ1v) is 10.2. The van der Waals surface area contributed by atoms with Gasteiger partial charge >= 0.3 is 5.97 Å². The largest absolute Gasteiger partial charge is 0.508 e. The SMILES string of the molecule is CCCC(=O)NCc1ccc(-c2c3ccc(=O)cc-3oc3cc(O)ccc23)c(C(=O)O)c1. The lowest BCUT2D eigenvalue weighted by molar-refractivity contribution is -0.121. The number of amides is 1. The van der Waals surface area contributed by atoms with Crippen LogP contribution in [0.2, 0.25) is 0 Å². The monoisotopic (exact) mass is 431 g/mol. The number of aromatic carboxylic acids is 1. The van der Waals surface area contributed by atoms with E-state index in [4.69, 9.17) is 4.42 Å². The topological polar surface area (TPSA) is 117 Å². The van der Waals surface area contributed by atoms with Crippen LogP contribution >= 0.6 is 0 Å². The number of rotatable bonds is 6. The second-order valence-corrected chi connectivity index (χ2v) is 7.53. The molecule has 1 aliphatic carbocycles. The molecule has 4 rings (SSSR count). The maximum atomic E-state index is 12.2. The predicted octanol–water partition coefficient (Wildman–Crippen LogP) is 4.38. The number of aromatic hydroxyl groups is 1. The number of carboxylic acid groups (broad SMARTS) is 1. The molecule has 0 atom stereocenters. The number of phenolic OH excluding ortho intramolecular Hbond substituents is 1. The molecular formula is C25H21NO6. The minimum Gasteiger partial charge on any atom is -0.508 e. The Labute approximate surface area is 183 Å². The number of nitrogens with one attached hydrogen (secondary N) is 1. The average molecular weight is 431 g/mol. The van der Waals surface area contributed by atoms with Crippen molar-refractivity contribution in [2.24, 2.45) is 0 Å². The fourth-order valence-electron chi connectivity index (χ4n) is 3.76. The summed E-state index contributed by atoms with van der Waals surface area (Å²) < 4.78 is 5.83. The summed E-state index contributed by atoms with van der Waals surface area (Å²) in [6.45, 7) is 2.13. The van der Waals surface area contributed by atoms with Crippen LogP contribution < -0.4 is 10.7 Å². The molecule has 0 radical (unpaired) electrons. The Hall–Kier alpha value is -4.13. The Morgan fingerprint density at radius 3 is 2.53 bits per heavy atom. The zero-order valence-corrected chi connectivity index (χ0v) is 17.3. The second kappa shape index (κ2) is 8.55. The van der Waals surface area contributed by atoms with Crippen LogP contribution in [-0.4, -0.2) is 22.1 Å². The molecule has 2 aromatic rings. The van der Waals surface area contributed by atoms with E-state index in [1.54, 1.807) is 24.3 Å². The van der Waals surface area contributed by atoms with Gasteiger partial charge < -0.3 is 19.9 Å². The molecule has 0 spiro atoms. The molecule has 32 heavy (non-hydrogen) atoms. The molecule has 0 saturated heterocycles. The number of benzene rings is 3. The maximum absolute atomic E-state index is 12.2. The van der Waals surface area contributed by atoms with Gasteiger partial charge in [0.1, 0.15) is 17.1 Å². The molecule has 0 bridgehead atoms. The third kappa shape index (κ3) is 4.05. The highest BCUT2D eigenvalue weighted by Gasteiger charge is 2.22. The van der Waals surface area contributed by atoms with Gasteiger partial charge in [0.05, 0.1) is 5.56 Å². The highest BCUT2D eigenvalue weighted by Crippen LogP contribution is 2.42. The Morgan fingerprint density at radius 1 is 1.00 bits per heavy atom. The summed E-state index contributed by atoms with van der Waals surface area (Å²) in [6, 6.07) is 13.9. The molecular weight excluding hydrogens is 410 g/mol. The van der Waals surface area contributed by atoms with E-state index in [1.165, 1.54) is 30.3 Å². The van der Waals surface area contributed by atoms with Gasteiger partial charge in [0, 0.05) is 41.6 Å². The van der Waals surface area contributed by atoms with E-state index in [0.717, 1.165) is 6.42 Å². The van der Waals surface area contributed by atoms with Crippen LogP contribution in [0.5, 0.6) is 5.75 Å². The molecule has 0 saturated carbocycles.